The van der Waals surface area contributed by atoms with E-state index >= 15 is 0 Å². The lowest BCUT2D eigenvalue weighted by Crippen LogP contribution is -2.04. The summed E-state index contributed by atoms with van der Waals surface area (Å²) < 4.78 is 39.5. The van der Waals surface area contributed by atoms with Crippen molar-refractivity contribution in [3.05, 3.63) is 35.7 Å². The van der Waals surface area contributed by atoms with Gasteiger partial charge in [-0.05, 0) is 19.1 Å². The fourth-order valence-electron chi connectivity index (χ4n) is 1.66. The van der Waals surface area contributed by atoms with Crippen LogP contribution in [0.5, 0.6) is 0 Å². The molecule has 0 saturated heterocycles. The van der Waals surface area contributed by atoms with Crippen LogP contribution in [0.15, 0.2) is 24.3 Å². The lowest BCUT2D eigenvalue weighted by Gasteiger charge is -2.06. The Hall–Kier alpha value is -1.96. The van der Waals surface area contributed by atoms with E-state index in [1.165, 1.54) is 21.9 Å². The number of fused-ring (bicyclic) bond motifs is 1. The monoisotopic (exact) mass is 284 g/mol. The topological polar surface area (TPSA) is 43.1 Å². The molecule has 98 valence electrons. The van der Waals surface area contributed by atoms with Crippen molar-refractivity contribution in [1.29, 1.82) is 0 Å². The van der Waals surface area contributed by atoms with Gasteiger partial charge >= 0.3 is 6.18 Å². The molecule has 0 amide bonds. The molecule has 8 heteroatoms. The van der Waals surface area contributed by atoms with Crippen LogP contribution in [0.25, 0.3) is 15.5 Å². The van der Waals surface area contributed by atoms with Gasteiger partial charge in [0, 0.05) is 5.56 Å². The molecular formula is C11H7F3N4S. The Bertz CT molecular complexity index is 744. The molecule has 0 spiro atoms. The third kappa shape index (κ3) is 2.07. The molecule has 0 bridgehead atoms. The minimum atomic E-state index is -4.36. The van der Waals surface area contributed by atoms with Crippen molar-refractivity contribution >= 4 is 16.3 Å². The summed E-state index contributed by atoms with van der Waals surface area (Å²) in [6.45, 7) is 1.73. The molecule has 2 aromatic heterocycles. The number of benzene rings is 1. The third-order valence-corrected chi connectivity index (χ3v) is 3.53. The maximum Gasteiger partial charge on any atom is 0.416 e. The third-order valence-electron chi connectivity index (χ3n) is 2.58. The van der Waals surface area contributed by atoms with Crippen LogP contribution in [0, 0.1) is 6.92 Å². The molecule has 19 heavy (non-hydrogen) atoms. The minimum absolute atomic E-state index is 0.421. The number of aromatic nitrogens is 4. The lowest BCUT2D eigenvalue weighted by atomic mass is 10.1. The zero-order valence-corrected chi connectivity index (χ0v) is 10.5. The van der Waals surface area contributed by atoms with Crippen LogP contribution in [-0.4, -0.2) is 19.8 Å². The first kappa shape index (κ1) is 12.1. The Kier molecular flexibility index (Phi) is 2.56. The van der Waals surface area contributed by atoms with Crippen molar-refractivity contribution in [1.82, 2.24) is 19.8 Å². The van der Waals surface area contributed by atoms with E-state index in [9.17, 15) is 13.2 Å². The SMILES string of the molecule is Cc1nnc2sc(-c3cccc(C(F)(F)F)c3)nn12. The molecule has 0 aliphatic carbocycles. The quantitative estimate of drug-likeness (QED) is 0.689. The van der Waals surface area contributed by atoms with Crippen molar-refractivity contribution in [3.8, 4) is 10.6 Å². The van der Waals surface area contributed by atoms with Gasteiger partial charge in [0.05, 0.1) is 5.56 Å². The van der Waals surface area contributed by atoms with E-state index in [0.29, 0.717) is 21.4 Å². The van der Waals surface area contributed by atoms with Crippen LogP contribution in [-0.2, 0) is 6.18 Å². The molecular weight excluding hydrogens is 277 g/mol. The summed E-state index contributed by atoms with van der Waals surface area (Å²) >= 11 is 1.20. The molecule has 0 aliphatic heterocycles. The standard InChI is InChI=1S/C11H7F3N4S/c1-6-15-16-10-18(6)17-9(19-10)7-3-2-4-8(5-7)11(12,13)14/h2-5H,1H3. The number of hydrogen-bond acceptors (Lipinski definition) is 4. The predicted octanol–water partition coefficient (Wildman–Crippen LogP) is 3.18. The number of rotatable bonds is 1. The average molecular weight is 284 g/mol. The summed E-state index contributed by atoms with van der Waals surface area (Å²) in [4.78, 5) is 0.560. The number of alkyl halides is 3. The molecule has 0 atom stereocenters. The molecule has 0 unspecified atom stereocenters. The number of halogens is 3. The van der Waals surface area contributed by atoms with Crippen molar-refractivity contribution in [2.75, 3.05) is 0 Å². The largest absolute Gasteiger partial charge is 0.416 e. The Morgan fingerprint density at radius 1 is 1.21 bits per heavy atom. The molecule has 1 aromatic carbocycles. The van der Waals surface area contributed by atoms with E-state index in [1.54, 1.807) is 13.0 Å². The van der Waals surface area contributed by atoms with Crippen LogP contribution in [0.4, 0.5) is 13.2 Å². The molecule has 2 heterocycles. The van der Waals surface area contributed by atoms with Crippen molar-refractivity contribution in [2.45, 2.75) is 13.1 Å². The molecule has 0 saturated carbocycles. The van der Waals surface area contributed by atoms with Crippen LogP contribution >= 0.6 is 11.3 Å². The van der Waals surface area contributed by atoms with Gasteiger partial charge in [0.2, 0.25) is 4.96 Å². The van der Waals surface area contributed by atoms with E-state index in [1.807, 2.05) is 0 Å². The second-order valence-electron chi connectivity index (χ2n) is 3.93. The molecule has 4 nitrogen and oxygen atoms in total. The minimum Gasteiger partial charge on any atom is -0.187 e. The maximum absolute atomic E-state index is 12.6. The summed E-state index contributed by atoms with van der Waals surface area (Å²) in [5.41, 5.74) is -0.266. The highest BCUT2D eigenvalue weighted by atomic mass is 32.1. The zero-order chi connectivity index (χ0) is 13.6. The van der Waals surface area contributed by atoms with Gasteiger partial charge < -0.3 is 0 Å². The van der Waals surface area contributed by atoms with Gasteiger partial charge in [0.25, 0.3) is 0 Å². The van der Waals surface area contributed by atoms with Crippen LogP contribution in [0.3, 0.4) is 0 Å². The summed E-state index contributed by atoms with van der Waals surface area (Å²) in [7, 11) is 0. The van der Waals surface area contributed by atoms with Crippen molar-refractivity contribution in [3.63, 3.8) is 0 Å². The summed E-state index contributed by atoms with van der Waals surface area (Å²) in [5.74, 6) is 0.601. The number of nitrogens with zero attached hydrogens (tertiary/aromatic N) is 4. The van der Waals surface area contributed by atoms with Gasteiger partial charge in [0.15, 0.2) is 5.82 Å². The first-order valence-electron chi connectivity index (χ1n) is 5.31. The lowest BCUT2D eigenvalue weighted by molar-refractivity contribution is -0.137. The van der Waals surface area contributed by atoms with Gasteiger partial charge in [0.1, 0.15) is 5.01 Å². The van der Waals surface area contributed by atoms with E-state index in [0.717, 1.165) is 12.1 Å². The fraction of sp³-hybridized carbons (Fsp3) is 0.182. The zero-order valence-electron chi connectivity index (χ0n) is 9.64. The van der Waals surface area contributed by atoms with Gasteiger partial charge in [-0.15, -0.1) is 10.2 Å². The second kappa shape index (κ2) is 4.02. The van der Waals surface area contributed by atoms with Crippen LogP contribution in [0.2, 0.25) is 0 Å². The molecule has 0 N–H and O–H groups in total. The Morgan fingerprint density at radius 3 is 2.68 bits per heavy atom. The molecule has 0 radical (unpaired) electrons. The van der Waals surface area contributed by atoms with Gasteiger partial charge in [-0.2, -0.15) is 22.8 Å². The highest BCUT2D eigenvalue weighted by Crippen LogP contribution is 2.33. The fourth-order valence-corrected chi connectivity index (χ4v) is 2.54. The van der Waals surface area contributed by atoms with E-state index < -0.39 is 11.7 Å². The molecule has 0 aliphatic rings. The Labute approximate surface area is 109 Å². The van der Waals surface area contributed by atoms with Crippen LogP contribution < -0.4 is 0 Å². The smallest absolute Gasteiger partial charge is 0.187 e. The van der Waals surface area contributed by atoms with Gasteiger partial charge in [-0.25, -0.2) is 0 Å². The van der Waals surface area contributed by atoms with E-state index in [4.69, 9.17) is 0 Å². The summed E-state index contributed by atoms with van der Waals surface area (Å²) in [6, 6.07) is 5.08. The van der Waals surface area contributed by atoms with E-state index in [-0.39, 0.29) is 0 Å². The van der Waals surface area contributed by atoms with Crippen molar-refractivity contribution < 1.29 is 13.2 Å². The summed E-state index contributed by atoms with van der Waals surface area (Å²) in [5, 5.41) is 12.4. The molecule has 3 rings (SSSR count). The highest BCUT2D eigenvalue weighted by molar-refractivity contribution is 7.19. The average Bonchev–Trinajstić information content (AvgIpc) is 2.91. The predicted molar refractivity (Wildman–Crippen MR) is 63.8 cm³/mol. The number of aryl methyl sites for hydroxylation is 1. The first-order valence-corrected chi connectivity index (χ1v) is 6.13. The Morgan fingerprint density at radius 2 is 2.00 bits per heavy atom. The van der Waals surface area contributed by atoms with Crippen molar-refractivity contribution in [2.24, 2.45) is 0 Å². The number of hydrogen-bond donors (Lipinski definition) is 0. The van der Waals surface area contributed by atoms with Gasteiger partial charge in [-0.3, -0.25) is 0 Å². The first-order chi connectivity index (χ1) is 8.95. The van der Waals surface area contributed by atoms with Crippen LogP contribution in [0.1, 0.15) is 11.4 Å². The maximum atomic E-state index is 12.6. The molecule has 0 fully saturated rings. The highest BCUT2D eigenvalue weighted by Gasteiger charge is 2.30. The normalized spacial score (nSPS) is 12.2. The second-order valence-corrected chi connectivity index (χ2v) is 4.88. The van der Waals surface area contributed by atoms with E-state index in [2.05, 4.69) is 15.3 Å². The Balaban J connectivity index is 2.11. The summed E-state index contributed by atoms with van der Waals surface area (Å²) in [6.07, 6.45) is -4.36. The molecule has 3 aromatic rings. The van der Waals surface area contributed by atoms with Gasteiger partial charge in [-0.1, -0.05) is 23.5 Å².